The lowest BCUT2D eigenvalue weighted by atomic mass is 9.80. The maximum Gasteiger partial charge on any atom is 0.0783 e. The molecule has 1 aromatic heterocycles. The lowest BCUT2D eigenvalue weighted by molar-refractivity contribution is -0.0855. The first-order chi connectivity index (χ1) is 10.2. The highest BCUT2D eigenvalue weighted by Gasteiger charge is 2.42. The maximum absolute atomic E-state index is 6.16. The van der Waals surface area contributed by atoms with E-state index in [0.29, 0.717) is 12.0 Å². The van der Waals surface area contributed by atoms with Crippen LogP contribution in [0.3, 0.4) is 0 Å². The number of nitrogens with zero attached hydrogens (tertiary/aromatic N) is 1. The number of pyridine rings is 1. The zero-order chi connectivity index (χ0) is 14.7. The van der Waals surface area contributed by atoms with Crippen LogP contribution in [0, 0.1) is 5.92 Å². The van der Waals surface area contributed by atoms with Gasteiger partial charge >= 0.3 is 0 Å². The molecule has 3 nitrogen and oxygen atoms in total. The standard InChI is InChI=1S/C16H23BrN2OS/c1-2-18-15(14-4-3-13(17)10-19-14)12-5-7-20-16(9-12)6-8-21-11-16/h3-4,10,12,15,18H,2,5-9,11H2,1H3. The summed E-state index contributed by atoms with van der Waals surface area (Å²) in [7, 11) is 0. The van der Waals surface area contributed by atoms with E-state index < -0.39 is 0 Å². The van der Waals surface area contributed by atoms with Gasteiger partial charge in [0, 0.05) is 23.0 Å². The highest BCUT2D eigenvalue weighted by atomic mass is 79.9. The zero-order valence-electron chi connectivity index (χ0n) is 12.5. The van der Waals surface area contributed by atoms with Crippen molar-refractivity contribution in [2.45, 2.75) is 37.8 Å². The Hall–Kier alpha value is -0.100. The molecule has 0 amide bonds. The van der Waals surface area contributed by atoms with Crippen molar-refractivity contribution in [1.29, 1.82) is 0 Å². The Labute approximate surface area is 139 Å². The monoisotopic (exact) mass is 370 g/mol. The van der Waals surface area contributed by atoms with Gasteiger partial charge in [0.05, 0.1) is 17.3 Å². The first kappa shape index (κ1) is 15.8. The van der Waals surface area contributed by atoms with Crippen molar-refractivity contribution in [3.05, 3.63) is 28.5 Å². The van der Waals surface area contributed by atoms with Crippen molar-refractivity contribution in [3.63, 3.8) is 0 Å². The highest BCUT2D eigenvalue weighted by Crippen LogP contribution is 2.43. The summed E-state index contributed by atoms with van der Waals surface area (Å²) in [5.41, 5.74) is 1.30. The molecule has 3 heterocycles. The molecule has 0 aromatic carbocycles. The summed E-state index contributed by atoms with van der Waals surface area (Å²) < 4.78 is 7.20. The second kappa shape index (κ2) is 6.99. The lowest BCUT2D eigenvalue weighted by Gasteiger charge is -2.41. The molecule has 3 unspecified atom stereocenters. The van der Waals surface area contributed by atoms with Gasteiger partial charge in [0.1, 0.15) is 0 Å². The molecule has 2 fully saturated rings. The van der Waals surface area contributed by atoms with Crippen LogP contribution in [0.1, 0.15) is 37.9 Å². The molecule has 2 aliphatic rings. The van der Waals surface area contributed by atoms with Crippen molar-refractivity contribution in [2.24, 2.45) is 5.92 Å². The van der Waals surface area contributed by atoms with Crippen molar-refractivity contribution < 1.29 is 4.74 Å². The Kier molecular flexibility index (Phi) is 5.25. The molecule has 1 N–H and O–H groups in total. The van der Waals surface area contributed by atoms with Crippen LogP contribution >= 0.6 is 27.7 Å². The van der Waals surface area contributed by atoms with Crippen LogP contribution in [0.5, 0.6) is 0 Å². The van der Waals surface area contributed by atoms with Gasteiger partial charge in [0.2, 0.25) is 0 Å². The minimum absolute atomic E-state index is 0.136. The van der Waals surface area contributed by atoms with Gasteiger partial charge < -0.3 is 10.1 Å². The molecule has 1 aromatic rings. The summed E-state index contributed by atoms with van der Waals surface area (Å²) in [5, 5.41) is 3.65. The molecule has 116 valence electrons. The summed E-state index contributed by atoms with van der Waals surface area (Å²) in [6.07, 6.45) is 5.40. The number of rotatable bonds is 4. The van der Waals surface area contributed by atoms with Crippen molar-refractivity contribution in [3.8, 4) is 0 Å². The summed E-state index contributed by atoms with van der Waals surface area (Å²) in [5.74, 6) is 3.02. The third kappa shape index (κ3) is 3.63. The van der Waals surface area contributed by atoms with Gasteiger partial charge in [-0.2, -0.15) is 11.8 Å². The van der Waals surface area contributed by atoms with Crippen molar-refractivity contribution in [2.75, 3.05) is 24.7 Å². The van der Waals surface area contributed by atoms with Crippen molar-refractivity contribution >= 4 is 27.7 Å². The molecule has 0 saturated carbocycles. The number of thioether (sulfide) groups is 1. The van der Waals surface area contributed by atoms with Crippen LogP contribution in [0.2, 0.25) is 0 Å². The molecule has 0 radical (unpaired) electrons. The molecule has 3 rings (SSSR count). The first-order valence-corrected chi connectivity index (χ1v) is 9.74. The number of nitrogens with one attached hydrogen (secondary N) is 1. The van der Waals surface area contributed by atoms with Crippen LogP contribution in [-0.2, 0) is 4.74 Å². The maximum atomic E-state index is 6.16. The summed E-state index contributed by atoms with van der Waals surface area (Å²) >= 11 is 5.51. The average molecular weight is 371 g/mol. The van der Waals surface area contributed by atoms with Gasteiger partial charge in [-0.3, -0.25) is 4.98 Å². The third-order valence-corrected chi connectivity index (χ3v) is 6.25. The van der Waals surface area contributed by atoms with Gasteiger partial charge in [-0.15, -0.1) is 0 Å². The van der Waals surface area contributed by atoms with Crippen LogP contribution < -0.4 is 5.32 Å². The van der Waals surface area contributed by atoms with E-state index in [9.17, 15) is 0 Å². The Morgan fingerprint density at radius 2 is 2.48 bits per heavy atom. The minimum Gasteiger partial charge on any atom is -0.374 e. The van der Waals surface area contributed by atoms with Crippen molar-refractivity contribution in [1.82, 2.24) is 10.3 Å². The topological polar surface area (TPSA) is 34.2 Å². The smallest absolute Gasteiger partial charge is 0.0783 e. The zero-order valence-corrected chi connectivity index (χ0v) is 14.9. The SMILES string of the molecule is CCNC(c1ccc(Br)cn1)C1CCOC2(CCSC2)C1. The van der Waals surface area contributed by atoms with E-state index in [-0.39, 0.29) is 5.60 Å². The van der Waals surface area contributed by atoms with E-state index in [4.69, 9.17) is 4.74 Å². The Bertz CT molecular complexity index is 462. The average Bonchev–Trinajstić information content (AvgIpc) is 2.94. The molecule has 2 aliphatic heterocycles. The van der Waals surface area contributed by atoms with Gasteiger partial charge in [-0.25, -0.2) is 0 Å². The molecule has 1 spiro atoms. The van der Waals surface area contributed by atoms with E-state index in [0.717, 1.165) is 41.9 Å². The Morgan fingerprint density at radius 1 is 1.57 bits per heavy atom. The molecule has 3 atom stereocenters. The molecule has 5 heteroatoms. The second-order valence-corrected chi connectivity index (χ2v) is 8.04. The predicted molar refractivity (Wildman–Crippen MR) is 91.7 cm³/mol. The number of halogens is 1. The molecule has 21 heavy (non-hydrogen) atoms. The van der Waals surface area contributed by atoms with E-state index in [1.54, 1.807) is 0 Å². The molecule has 0 aliphatic carbocycles. The summed E-state index contributed by atoms with van der Waals surface area (Å²) in [6, 6.07) is 4.57. The Balaban J connectivity index is 1.78. The number of aromatic nitrogens is 1. The fourth-order valence-electron chi connectivity index (χ4n) is 3.52. The van der Waals surface area contributed by atoms with E-state index >= 15 is 0 Å². The van der Waals surface area contributed by atoms with Crippen LogP contribution in [0.4, 0.5) is 0 Å². The lowest BCUT2D eigenvalue weighted by Crippen LogP contribution is -2.44. The quantitative estimate of drug-likeness (QED) is 0.873. The van der Waals surface area contributed by atoms with Gasteiger partial charge in [0.15, 0.2) is 0 Å². The second-order valence-electron chi connectivity index (χ2n) is 6.02. The molecular formula is C16H23BrN2OS. The van der Waals surface area contributed by atoms with E-state index in [2.05, 4.69) is 45.3 Å². The van der Waals surface area contributed by atoms with E-state index in [1.807, 2.05) is 18.0 Å². The number of hydrogen-bond donors (Lipinski definition) is 1. The third-order valence-electron chi connectivity index (χ3n) is 4.56. The van der Waals surface area contributed by atoms with Crippen LogP contribution in [0.15, 0.2) is 22.8 Å². The molecule has 0 bridgehead atoms. The fraction of sp³-hybridized carbons (Fsp3) is 0.688. The summed E-state index contributed by atoms with van der Waals surface area (Å²) in [6.45, 7) is 4.04. The van der Waals surface area contributed by atoms with E-state index in [1.165, 1.54) is 12.2 Å². The van der Waals surface area contributed by atoms with Gasteiger partial charge in [-0.05, 0) is 65.5 Å². The molecule has 2 saturated heterocycles. The van der Waals surface area contributed by atoms with Crippen LogP contribution in [0.25, 0.3) is 0 Å². The minimum atomic E-state index is 0.136. The highest BCUT2D eigenvalue weighted by molar-refractivity contribution is 9.10. The summed E-state index contributed by atoms with van der Waals surface area (Å²) in [4.78, 5) is 4.63. The van der Waals surface area contributed by atoms with Crippen LogP contribution in [-0.4, -0.2) is 35.2 Å². The Morgan fingerprint density at radius 3 is 3.14 bits per heavy atom. The molecular weight excluding hydrogens is 348 g/mol. The first-order valence-electron chi connectivity index (χ1n) is 7.79. The number of hydrogen-bond acceptors (Lipinski definition) is 4. The number of ether oxygens (including phenoxy) is 1. The van der Waals surface area contributed by atoms with Gasteiger partial charge in [-0.1, -0.05) is 6.92 Å². The van der Waals surface area contributed by atoms with Gasteiger partial charge in [0.25, 0.3) is 0 Å². The largest absolute Gasteiger partial charge is 0.374 e. The predicted octanol–water partition coefficient (Wildman–Crippen LogP) is 3.80. The normalized spacial score (nSPS) is 30.7. The fourth-order valence-corrected chi connectivity index (χ4v) is 5.13.